The number of piperidine rings is 1. The summed E-state index contributed by atoms with van der Waals surface area (Å²) in [6.45, 7) is 8.02. The summed E-state index contributed by atoms with van der Waals surface area (Å²) in [5.41, 5.74) is -0.128. The number of urea groups is 1. The SMILES string of the molecule is CC(C)(C)NC(=O)N1CCC(C2CCCCC2)CC1. The van der Waals surface area contributed by atoms with E-state index >= 15 is 0 Å². The first-order valence-corrected chi connectivity index (χ1v) is 8.03. The van der Waals surface area contributed by atoms with Crippen molar-refractivity contribution in [3.05, 3.63) is 0 Å². The maximum absolute atomic E-state index is 12.1. The van der Waals surface area contributed by atoms with Gasteiger partial charge in [0.15, 0.2) is 0 Å². The van der Waals surface area contributed by atoms with E-state index in [2.05, 4.69) is 5.32 Å². The molecule has 0 spiro atoms. The average Bonchev–Trinajstić information content (AvgIpc) is 2.38. The molecule has 3 heteroatoms. The molecule has 0 aromatic heterocycles. The molecule has 1 N–H and O–H groups in total. The van der Waals surface area contributed by atoms with E-state index < -0.39 is 0 Å². The Kier molecular flexibility index (Phi) is 4.75. The largest absolute Gasteiger partial charge is 0.333 e. The molecule has 2 rings (SSSR count). The van der Waals surface area contributed by atoms with Gasteiger partial charge in [0, 0.05) is 18.6 Å². The van der Waals surface area contributed by atoms with Crippen LogP contribution in [-0.2, 0) is 0 Å². The van der Waals surface area contributed by atoms with Crippen LogP contribution in [0.4, 0.5) is 4.79 Å². The monoisotopic (exact) mass is 266 g/mol. The third-order valence-corrected chi connectivity index (χ3v) is 4.63. The minimum atomic E-state index is -0.128. The highest BCUT2D eigenvalue weighted by Gasteiger charge is 2.30. The lowest BCUT2D eigenvalue weighted by molar-refractivity contribution is 0.130. The Hall–Kier alpha value is -0.730. The van der Waals surface area contributed by atoms with E-state index in [4.69, 9.17) is 0 Å². The third-order valence-electron chi connectivity index (χ3n) is 4.63. The van der Waals surface area contributed by atoms with Gasteiger partial charge in [-0.2, -0.15) is 0 Å². The Morgan fingerprint density at radius 1 is 0.947 bits per heavy atom. The molecule has 3 nitrogen and oxygen atoms in total. The number of hydrogen-bond acceptors (Lipinski definition) is 1. The van der Waals surface area contributed by atoms with Crippen LogP contribution in [0.5, 0.6) is 0 Å². The number of carbonyl (C=O) groups excluding carboxylic acids is 1. The molecule has 110 valence electrons. The predicted molar refractivity (Wildman–Crippen MR) is 79.2 cm³/mol. The molecule has 2 aliphatic rings. The Bertz CT molecular complexity index is 294. The number of likely N-dealkylation sites (tertiary alicyclic amines) is 1. The lowest BCUT2D eigenvalue weighted by atomic mass is 9.76. The molecule has 0 radical (unpaired) electrons. The molecule has 1 saturated carbocycles. The maximum atomic E-state index is 12.1. The molecule has 2 amide bonds. The second-order valence-electron chi connectivity index (χ2n) is 7.40. The molecule has 0 aromatic rings. The molecule has 0 unspecified atom stereocenters. The zero-order valence-electron chi connectivity index (χ0n) is 12.9. The number of carbonyl (C=O) groups is 1. The van der Waals surface area contributed by atoms with Crippen molar-refractivity contribution < 1.29 is 4.79 Å². The summed E-state index contributed by atoms with van der Waals surface area (Å²) in [5, 5.41) is 3.07. The molecule has 1 heterocycles. The van der Waals surface area contributed by atoms with Gasteiger partial charge in [-0.15, -0.1) is 0 Å². The van der Waals surface area contributed by atoms with Crippen molar-refractivity contribution >= 4 is 6.03 Å². The second kappa shape index (κ2) is 6.15. The standard InChI is InChI=1S/C16H30N2O/c1-16(2,3)17-15(19)18-11-9-14(10-12-18)13-7-5-4-6-8-13/h13-14H,4-12H2,1-3H3,(H,17,19). The van der Waals surface area contributed by atoms with Crippen LogP contribution in [0, 0.1) is 11.8 Å². The van der Waals surface area contributed by atoms with Gasteiger partial charge in [-0.25, -0.2) is 4.79 Å². The summed E-state index contributed by atoms with van der Waals surface area (Å²) in [4.78, 5) is 14.1. The molecule has 0 aromatic carbocycles. The summed E-state index contributed by atoms with van der Waals surface area (Å²) in [7, 11) is 0. The van der Waals surface area contributed by atoms with Crippen molar-refractivity contribution in [2.45, 2.75) is 71.3 Å². The fourth-order valence-corrected chi connectivity index (χ4v) is 3.58. The fourth-order valence-electron chi connectivity index (χ4n) is 3.58. The highest BCUT2D eigenvalue weighted by Crippen LogP contribution is 2.35. The van der Waals surface area contributed by atoms with Crippen molar-refractivity contribution in [2.24, 2.45) is 11.8 Å². The topological polar surface area (TPSA) is 32.3 Å². The molecular weight excluding hydrogens is 236 g/mol. The first-order valence-electron chi connectivity index (χ1n) is 8.03. The Labute approximate surface area is 118 Å². The molecular formula is C16H30N2O. The minimum absolute atomic E-state index is 0.120. The lowest BCUT2D eigenvalue weighted by Gasteiger charge is -2.38. The molecule has 0 bridgehead atoms. The zero-order chi connectivity index (χ0) is 13.9. The second-order valence-corrected chi connectivity index (χ2v) is 7.40. The van der Waals surface area contributed by atoms with E-state index in [1.54, 1.807) is 0 Å². The molecule has 1 aliphatic carbocycles. The average molecular weight is 266 g/mol. The number of nitrogens with one attached hydrogen (secondary N) is 1. The van der Waals surface area contributed by atoms with Crippen molar-refractivity contribution in [3.8, 4) is 0 Å². The van der Waals surface area contributed by atoms with Crippen LogP contribution in [-0.4, -0.2) is 29.6 Å². The van der Waals surface area contributed by atoms with Crippen LogP contribution in [0.2, 0.25) is 0 Å². The lowest BCUT2D eigenvalue weighted by Crippen LogP contribution is -2.51. The van der Waals surface area contributed by atoms with Gasteiger partial charge in [0.25, 0.3) is 0 Å². The molecule has 19 heavy (non-hydrogen) atoms. The molecule has 0 atom stereocenters. The first kappa shape index (κ1) is 14.7. The highest BCUT2D eigenvalue weighted by molar-refractivity contribution is 5.75. The number of hydrogen-bond donors (Lipinski definition) is 1. The van der Waals surface area contributed by atoms with Crippen LogP contribution < -0.4 is 5.32 Å². The van der Waals surface area contributed by atoms with Gasteiger partial charge >= 0.3 is 6.03 Å². The van der Waals surface area contributed by atoms with Crippen molar-refractivity contribution in [3.63, 3.8) is 0 Å². The quantitative estimate of drug-likeness (QED) is 0.769. The van der Waals surface area contributed by atoms with E-state index in [-0.39, 0.29) is 11.6 Å². The van der Waals surface area contributed by atoms with Gasteiger partial charge in [0.2, 0.25) is 0 Å². The van der Waals surface area contributed by atoms with Gasteiger partial charge < -0.3 is 10.2 Å². The number of rotatable bonds is 1. The van der Waals surface area contributed by atoms with Crippen LogP contribution in [0.3, 0.4) is 0 Å². The van der Waals surface area contributed by atoms with Gasteiger partial charge in [0.1, 0.15) is 0 Å². The smallest absolute Gasteiger partial charge is 0.317 e. The summed E-state index contributed by atoms with van der Waals surface area (Å²) in [5.74, 6) is 1.82. The number of amides is 2. The normalized spacial score (nSPS) is 23.4. The summed E-state index contributed by atoms with van der Waals surface area (Å²) >= 11 is 0. The van der Waals surface area contributed by atoms with Crippen LogP contribution in [0.1, 0.15) is 65.7 Å². The Morgan fingerprint density at radius 2 is 1.47 bits per heavy atom. The van der Waals surface area contributed by atoms with Gasteiger partial charge in [0.05, 0.1) is 0 Å². The summed E-state index contributed by atoms with van der Waals surface area (Å²) in [6, 6.07) is 0.120. The number of nitrogens with zero attached hydrogens (tertiary/aromatic N) is 1. The van der Waals surface area contributed by atoms with E-state index in [0.717, 1.165) is 24.9 Å². The van der Waals surface area contributed by atoms with Crippen molar-refractivity contribution in [1.29, 1.82) is 0 Å². The predicted octanol–water partition coefficient (Wildman–Crippen LogP) is 3.79. The van der Waals surface area contributed by atoms with Crippen LogP contribution >= 0.6 is 0 Å². The zero-order valence-corrected chi connectivity index (χ0v) is 12.9. The fraction of sp³-hybridized carbons (Fsp3) is 0.938. The molecule has 2 fully saturated rings. The van der Waals surface area contributed by atoms with E-state index in [1.807, 2.05) is 25.7 Å². The first-order chi connectivity index (χ1) is 8.96. The van der Waals surface area contributed by atoms with Crippen molar-refractivity contribution in [2.75, 3.05) is 13.1 Å². The Morgan fingerprint density at radius 3 is 2.00 bits per heavy atom. The highest BCUT2D eigenvalue weighted by atomic mass is 16.2. The maximum Gasteiger partial charge on any atom is 0.317 e. The molecule has 1 aliphatic heterocycles. The minimum Gasteiger partial charge on any atom is -0.333 e. The summed E-state index contributed by atoms with van der Waals surface area (Å²) < 4.78 is 0. The molecule has 1 saturated heterocycles. The van der Waals surface area contributed by atoms with Crippen molar-refractivity contribution in [1.82, 2.24) is 10.2 Å². The van der Waals surface area contributed by atoms with Gasteiger partial charge in [-0.1, -0.05) is 32.1 Å². The van der Waals surface area contributed by atoms with Crippen LogP contribution in [0.25, 0.3) is 0 Å². The Balaban J connectivity index is 1.77. The third kappa shape index (κ3) is 4.39. The van der Waals surface area contributed by atoms with Gasteiger partial charge in [-0.05, 0) is 45.4 Å². The van der Waals surface area contributed by atoms with Crippen LogP contribution in [0.15, 0.2) is 0 Å². The van der Waals surface area contributed by atoms with E-state index in [1.165, 1.54) is 44.9 Å². The van der Waals surface area contributed by atoms with Gasteiger partial charge in [-0.3, -0.25) is 0 Å². The van der Waals surface area contributed by atoms with E-state index in [0.29, 0.717) is 0 Å². The summed E-state index contributed by atoms with van der Waals surface area (Å²) in [6.07, 6.45) is 9.57. The van der Waals surface area contributed by atoms with E-state index in [9.17, 15) is 4.79 Å².